The van der Waals surface area contributed by atoms with E-state index < -0.39 is 9.87 Å². The smallest absolute Gasteiger partial charge is 0.181 e. The Balaban J connectivity index is 1.38. The first-order valence-electron chi connectivity index (χ1n) is 22.5. The van der Waals surface area contributed by atoms with Crippen LogP contribution < -0.4 is 28.6 Å². The summed E-state index contributed by atoms with van der Waals surface area (Å²) in [5.74, 6) is 0. The van der Waals surface area contributed by atoms with E-state index in [-0.39, 0.29) is 0 Å². The number of nitrogens with one attached hydrogen (secondary N) is 2. The molecule has 0 fully saturated rings. The number of halogens is 2. The molecule has 8 nitrogen and oxygen atoms in total. The Morgan fingerprint density at radius 3 is 1.30 bits per heavy atom. The van der Waals surface area contributed by atoms with Crippen molar-refractivity contribution in [2.45, 2.75) is 9.87 Å². The lowest BCUT2D eigenvalue weighted by atomic mass is 9.87. The molecule has 0 spiro atoms. The van der Waals surface area contributed by atoms with Crippen molar-refractivity contribution >= 4 is 74.1 Å². The van der Waals surface area contributed by atoms with E-state index >= 15 is 0 Å². The number of aromatic amines is 2. The van der Waals surface area contributed by atoms with Crippen molar-refractivity contribution in [2.75, 3.05) is 84.6 Å². The summed E-state index contributed by atoms with van der Waals surface area (Å²) in [6.45, 7) is 0. The van der Waals surface area contributed by atoms with E-state index in [0.29, 0.717) is 23.6 Å². The third-order valence-electron chi connectivity index (χ3n) is 13.0. The maximum atomic E-state index is 8.26. The molecule has 0 saturated carbocycles. The average Bonchev–Trinajstić information content (AvgIpc) is 4.10. The van der Waals surface area contributed by atoms with Gasteiger partial charge in [-0.1, -0.05) is 23.7 Å². The highest BCUT2D eigenvalue weighted by Crippen LogP contribution is 2.53. The van der Waals surface area contributed by atoms with Gasteiger partial charge in [0.05, 0.1) is 102 Å². The molecular weight excluding hydrogens is 856 g/mol. The number of nitrogens with zero attached hydrogens (tertiary/aromatic N) is 6. The molecule has 0 radical (unpaired) electrons. The summed E-state index contributed by atoms with van der Waals surface area (Å²) >= 11 is 16.3. The van der Waals surface area contributed by atoms with E-state index in [1.54, 1.807) is 0 Å². The molecule has 6 aromatic rings. The third kappa shape index (κ3) is 8.10. The number of hydrogen-bond donors (Lipinski definition) is 2. The van der Waals surface area contributed by atoms with Crippen molar-refractivity contribution < 1.29 is 0 Å². The van der Waals surface area contributed by atoms with Gasteiger partial charge in [0.25, 0.3) is 0 Å². The van der Waals surface area contributed by atoms with Crippen molar-refractivity contribution in [1.82, 2.24) is 27.9 Å². The molecule has 10 heteroatoms. The van der Waals surface area contributed by atoms with Crippen LogP contribution in [0.1, 0.15) is 33.6 Å². The predicted octanol–water partition coefficient (Wildman–Crippen LogP) is 9.44. The molecule has 5 heterocycles. The number of alkyl halides is 2. The Morgan fingerprint density at radius 2 is 0.848 bits per heavy atom. The minimum absolute atomic E-state index is 0.653. The zero-order valence-corrected chi connectivity index (χ0v) is 41.8. The van der Waals surface area contributed by atoms with Crippen LogP contribution in [-0.2, 0) is 4.87 Å². The highest BCUT2D eigenvalue weighted by atomic mass is 35.5. The molecule has 2 N–H and O–H groups in total. The van der Waals surface area contributed by atoms with Crippen molar-refractivity contribution in [3.63, 3.8) is 0 Å². The van der Waals surface area contributed by atoms with Crippen LogP contribution in [0.4, 0.5) is 22.7 Å². The Labute approximate surface area is 400 Å². The average molecular weight is 918 g/mol. The lowest BCUT2D eigenvalue weighted by molar-refractivity contribution is 0.485. The van der Waals surface area contributed by atoms with Gasteiger partial charge in [-0.15, -0.1) is 11.6 Å². The van der Waals surface area contributed by atoms with Crippen LogP contribution in [0.2, 0.25) is 0 Å². The van der Waals surface area contributed by atoms with E-state index in [4.69, 9.17) is 33.2 Å². The fourth-order valence-electron chi connectivity index (χ4n) is 9.07. The topological polar surface area (TPSA) is 56.3 Å². The number of fused-ring (bicyclic) bond motifs is 6. The summed E-state index contributed by atoms with van der Waals surface area (Å²) in [5.41, 5.74) is 15.4. The number of rotatable bonds is 8. The van der Waals surface area contributed by atoms with Crippen LogP contribution in [0.5, 0.6) is 0 Å². The first-order chi connectivity index (χ1) is 30.9. The second kappa shape index (κ2) is 15.9. The lowest BCUT2D eigenvalue weighted by Crippen LogP contribution is -2.41. The molecule has 0 amide bonds. The molecule has 0 saturated heterocycles. The fraction of sp³-hybridized carbons (Fsp3) is 0.250. The summed E-state index contributed by atoms with van der Waals surface area (Å²) in [6, 6.07) is 43.2. The quantitative estimate of drug-likeness (QED) is 0.0870. The van der Waals surface area contributed by atoms with Gasteiger partial charge in [0.1, 0.15) is 22.7 Å². The minimum atomic E-state index is -1.45. The van der Waals surface area contributed by atoms with Crippen LogP contribution >= 0.6 is 23.2 Å². The molecule has 3 aliphatic rings. The number of benzene rings is 4. The number of aliphatic imine (C=N–C) groups is 2. The van der Waals surface area contributed by atoms with Gasteiger partial charge < -0.3 is 9.97 Å². The largest absolute Gasteiger partial charge is 0.356 e. The second-order valence-electron chi connectivity index (χ2n) is 21.3. The Kier molecular flexibility index (Phi) is 10.9. The summed E-state index contributed by atoms with van der Waals surface area (Å²) < 4.78 is 2.74. The van der Waals surface area contributed by atoms with Gasteiger partial charge >= 0.3 is 0 Å². The predicted molar refractivity (Wildman–Crippen MR) is 284 cm³/mol. The maximum Gasteiger partial charge on any atom is 0.181 e. The summed E-state index contributed by atoms with van der Waals surface area (Å²) in [5, 5.41) is 1.82. The number of hydrogen-bond acceptors (Lipinski definition) is 2. The van der Waals surface area contributed by atoms with Crippen molar-refractivity contribution in [3.8, 4) is 0 Å². The summed E-state index contributed by atoms with van der Waals surface area (Å²) in [7, 11) is 26.1. The Hall–Kier alpha value is -5.84. The third-order valence-corrected chi connectivity index (χ3v) is 14.3. The number of quaternary nitrogens is 4. The van der Waals surface area contributed by atoms with E-state index in [1.165, 1.54) is 17.1 Å². The van der Waals surface area contributed by atoms with Crippen molar-refractivity contribution in [3.05, 3.63) is 196 Å². The van der Waals surface area contributed by atoms with Gasteiger partial charge in [0, 0.05) is 38.8 Å². The second-order valence-corrected chi connectivity index (χ2v) is 22.5. The summed E-state index contributed by atoms with van der Waals surface area (Å²) in [6.07, 6.45) is 8.25. The highest BCUT2D eigenvalue weighted by Gasteiger charge is 2.54. The van der Waals surface area contributed by atoms with E-state index in [2.05, 4.69) is 228 Å². The molecule has 66 heavy (non-hydrogen) atoms. The SMILES string of the molecule is C[N+](C)(C)c1ccc(C2=C3C=CC(=N3)C(c3ccc([N+](C)(C)C)cc3)=c3ccc([nH]3)=C(c3ccc([N+](C)(C)C)cc3)C3=NC(Cl)(C=C3)C(Cl)(c3ccc([N+](C)(C)C)cc3)c3ccc2[nH]3)cc1. The lowest BCUT2D eigenvalue weighted by Gasteiger charge is -2.37. The standard InChI is InChI=1S/C56H62Cl2N8/c1-63(2,3)41-21-13-37(14-22-41)52-45-29-30-47(59-45)53(38-15-23-42(24-16-38)64(4,5)6)49-33-34-51(61-49)56(58,40-19-27-44(28-20-40)66(10,11)12)55(57)36-35-50(62-55)54(48-32-31-46(52)60-48)39-17-25-43(26-18-39)65(7,8)9/h13-36,60-61H,1-12H3/q+4. The molecule has 336 valence electrons. The molecule has 8 bridgehead atoms. The van der Waals surface area contributed by atoms with E-state index in [9.17, 15) is 0 Å². The molecule has 0 aliphatic carbocycles. The zero-order valence-electron chi connectivity index (χ0n) is 40.3. The van der Waals surface area contributed by atoms with Gasteiger partial charge in [-0.05, 0) is 156 Å². The van der Waals surface area contributed by atoms with Gasteiger partial charge in [0.15, 0.2) is 9.87 Å². The highest BCUT2D eigenvalue weighted by molar-refractivity contribution is 6.40. The fourth-order valence-corrected chi connectivity index (χ4v) is 9.78. The van der Waals surface area contributed by atoms with Crippen LogP contribution in [0.3, 0.4) is 0 Å². The van der Waals surface area contributed by atoms with E-state index in [0.717, 1.165) is 78.2 Å². The van der Waals surface area contributed by atoms with Crippen molar-refractivity contribution in [2.24, 2.45) is 9.98 Å². The van der Waals surface area contributed by atoms with Gasteiger partial charge in [-0.3, -0.25) is 22.9 Å². The van der Waals surface area contributed by atoms with Crippen LogP contribution in [0.15, 0.2) is 161 Å². The zero-order chi connectivity index (χ0) is 47.2. The Morgan fingerprint density at radius 1 is 0.424 bits per heavy atom. The summed E-state index contributed by atoms with van der Waals surface area (Å²) in [4.78, 5) is 15.9. The number of aromatic nitrogens is 2. The van der Waals surface area contributed by atoms with Gasteiger partial charge in [0.2, 0.25) is 0 Å². The molecule has 2 aromatic heterocycles. The van der Waals surface area contributed by atoms with Crippen LogP contribution in [0, 0.1) is 0 Å². The molecule has 9 rings (SSSR count). The maximum absolute atomic E-state index is 8.26. The molecule has 2 atom stereocenters. The van der Waals surface area contributed by atoms with Crippen LogP contribution in [-0.4, -0.2) is 111 Å². The van der Waals surface area contributed by atoms with E-state index in [1.807, 2.05) is 12.2 Å². The molecule has 2 unspecified atom stereocenters. The molecule has 3 aliphatic heterocycles. The Bertz CT molecular complexity index is 3150. The first-order valence-corrected chi connectivity index (χ1v) is 23.2. The minimum Gasteiger partial charge on any atom is -0.356 e. The number of H-pyrrole nitrogens is 2. The van der Waals surface area contributed by atoms with Gasteiger partial charge in [-0.2, -0.15) is 0 Å². The first kappa shape index (κ1) is 45.3. The molecule has 4 aromatic carbocycles. The number of allylic oxidation sites excluding steroid dienone is 3. The van der Waals surface area contributed by atoms with Crippen LogP contribution in [0.25, 0.3) is 16.7 Å². The van der Waals surface area contributed by atoms with Crippen molar-refractivity contribution in [1.29, 1.82) is 0 Å². The molecular formula is C56H62Cl2N8+4. The monoisotopic (exact) mass is 916 g/mol. The normalized spacial score (nSPS) is 20.0. The van der Waals surface area contributed by atoms with Gasteiger partial charge in [-0.25, -0.2) is 4.99 Å².